The highest BCUT2D eigenvalue weighted by Crippen LogP contribution is 2.21. The lowest BCUT2D eigenvalue weighted by molar-refractivity contribution is 0.176. The molecule has 3 rings (SSSR count). The monoisotopic (exact) mass is 262 g/mol. The minimum Gasteiger partial charge on any atom is -0.388 e. The summed E-state index contributed by atoms with van der Waals surface area (Å²) in [4.78, 5) is 5.43. The fraction of sp³-hybridized carbons (Fsp3) is 0.333. The number of aliphatic hydroxyl groups is 1. The highest BCUT2D eigenvalue weighted by atomic mass is 32.1. The van der Waals surface area contributed by atoms with Crippen molar-refractivity contribution in [2.75, 3.05) is 0 Å². The van der Waals surface area contributed by atoms with Crippen LogP contribution in [0.25, 0.3) is 4.96 Å². The van der Waals surface area contributed by atoms with Crippen molar-refractivity contribution in [2.24, 2.45) is 7.05 Å². The van der Waals surface area contributed by atoms with Crippen molar-refractivity contribution in [1.29, 1.82) is 0 Å². The van der Waals surface area contributed by atoms with Crippen LogP contribution >= 0.6 is 11.3 Å². The number of rotatable bonds is 3. The molecule has 0 radical (unpaired) electrons. The largest absolute Gasteiger partial charge is 0.388 e. The molecule has 0 saturated heterocycles. The van der Waals surface area contributed by atoms with Crippen LogP contribution in [0.4, 0.5) is 0 Å². The summed E-state index contributed by atoms with van der Waals surface area (Å²) in [6, 6.07) is 0. The van der Waals surface area contributed by atoms with Gasteiger partial charge < -0.3 is 5.11 Å². The van der Waals surface area contributed by atoms with Crippen molar-refractivity contribution in [3.8, 4) is 0 Å². The third-order valence-corrected chi connectivity index (χ3v) is 3.95. The maximum Gasteiger partial charge on any atom is 0.193 e. The van der Waals surface area contributed by atoms with Gasteiger partial charge in [-0.1, -0.05) is 0 Å². The first-order valence-corrected chi connectivity index (χ1v) is 6.61. The fourth-order valence-electron chi connectivity index (χ4n) is 2.03. The normalized spacial score (nSPS) is 13.3. The molecule has 0 aliphatic carbocycles. The molecule has 0 aliphatic rings. The Morgan fingerprint density at radius 1 is 1.50 bits per heavy atom. The maximum absolute atomic E-state index is 10.2. The van der Waals surface area contributed by atoms with Crippen molar-refractivity contribution in [3.63, 3.8) is 0 Å². The molecule has 0 amide bonds. The third kappa shape index (κ3) is 1.83. The van der Waals surface area contributed by atoms with Crippen LogP contribution in [-0.2, 0) is 13.5 Å². The Balaban J connectivity index is 1.84. The molecule has 3 heterocycles. The summed E-state index contributed by atoms with van der Waals surface area (Å²) in [6.07, 6.45) is 5.61. The molecule has 3 aromatic rings. The molecule has 18 heavy (non-hydrogen) atoms. The van der Waals surface area contributed by atoms with E-state index in [0.29, 0.717) is 6.42 Å². The lowest BCUT2D eigenvalue weighted by Crippen LogP contribution is -2.04. The van der Waals surface area contributed by atoms with Gasteiger partial charge in [-0.2, -0.15) is 5.10 Å². The van der Waals surface area contributed by atoms with E-state index in [0.717, 1.165) is 21.9 Å². The molecule has 1 atom stereocenters. The SMILES string of the molecule is Cc1c(C(O)Cc2cn3ccsc3n2)cnn1C. The summed E-state index contributed by atoms with van der Waals surface area (Å²) in [5.41, 5.74) is 2.76. The molecule has 5 nitrogen and oxygen atoms in total. The maximum atomic E-state index is 10.2. The Labute approximate surface area is 108 Å². The molecule has 3 aromatic heterocycles. The fourth-order valence-corrected chi connectivity index (χ4v) is 2.74. The van der Waals surface area contributed by atoms with Crippen molar-refractivity contribution in [2.45, 2.75) is 19.4 Å². The van der Waals surface area contributed by atoms with Crippen LogP contribution in [0.1, 0.15) is 23.1 Å². The van der Waals surface area contributed by atoms with E-state index >= 15 is 0 Å². The highest BCUT2D eigenvalue weighted by molar-refractivity contribution is 7.15. The van der Waals surface area contributed by atoms with Crippen LogP contribution < -0.4 is 0 Å². The molecule has 0 aromatic carbocycles. The minimum atomic E-state index is -0.552. The number of fused-ring (bicyclic) bond motifs is 1. The topological polar surface area (TPSA) is 55.4 Å². The molecule has 6 heteroatoms. The van der Waals surface area contributed by atoms with E-state index in [-0.39, 0.29) is 0 Å². The van der Waals surface area contributed by atoms with Crippen LogP contribution in [0, 0.1) is 6.92 Å². The van der Waals surface area contributed by atoms with Gasteiger partial charge in [0.05, 0.1) is 18.0 Å². The van der Waals surface area contributed by atoms with Crippen LogP contribution in [-0.4, -0.2) is 24.3 Å². The molecule has 0 saturated carbocycles. The summed E-state index contributed by atoms with van der Waals surface area (Å²) in [6.45, 7) is 1.96. The number of aliphatic hydroxyl groups excluding tert-OH is 1. The Morgan fingerprint density at radius 3 is 3.00 bits per heavy atom. The average molecular weight is 262 g/mol. The lowest BCUT2D eigenvalue weighted by Gasteiger charge is -2.08. The van der Waals surface area contributed by atoms with Crippen molar-refractivity contribution >= 4 is 16.3 Å². The number of hydrogen-bond donors (Lipinski definition) is 1. The second-order valence-electron chi connectivity index (χ2n) is 4.35. The number of hydrogen-bond acceptors (Lipinski definition) is 4. The highest BCUT2D eigenvalue weighted by Gasteiger charge is 2.16. The van der Waals surface area contributed by atoms with Gasteiger partial charge in [0, 0.05) is 42.5 Å². The van der Waals surface area contributed by atoms with Crippen molar-refractivity contribution in [1.82, 2.24) is 19.2 Å². The molecule has 0 bridgehead atoms. The summed E-state index contributed by atoms with van der Waals surface area (Å²) in [5, 5.41) is 16.4. The Kier molecular flexibility index (Phi) is 2.68. The Hall–Kier alpha value is -1.66. The lowest BCUT2D eigenvalue weighted by atomic mass is 10.1. The first kappa shape index (κ1) is 11.4. The Morgan fingerprint density at radius 2 is 2.33 bits per heavy atom. The van der Waals surface area contributed by atoms with Gasteiger partial charge in [0.2, 0.25) is 0 Å². The molecule has 0 fully saturated rings. The Bertz CT molecular complexity index is 653. The zero-order valence-corrected chi connectivity index (χ0v) is 11.1. The first-order chi connectivity index (χ1) is 8.65. The van der Waals surface area contributed by atoms with Crippen LogP contribution in [0.5, 0.6) is 0 Å². The molecule has 1 unspecified atom stereocenters. The molecular weight excluding hydrogens is 248 g/mol. The summed E-state index contributed by atoms with van der Waals surface area (Å²) < 4.78 is 3.74. The zero-order chi connectivity index (χ0) is 12.7. The molecule has 94 valence electrons. The smallest absolute Gasteiger partial charge is 0.193 e. The van der Waals surface area contributed by atoms with Crippen LogP contribution in [0.2, 0.25) is 0 Å². The van der Waals surface area contributed by atoms with Gasteiger partial charge >= 0.3 is 0 Å². The quantitative estimate of drug-likeness (QED) is 0.782. The molecule has 0 aliphatic heterocycles. The van der Waals surface area contributed by atoms with Crippen LogP contribution in [0.3, 0.4) is 0 Å². The summed E-state index contributed by atoms with van der Waals surface area (Å²) >= 11 is 1.59. The molecular formula is C12H14N4OS. The van der Waals surface area contributed by atoms with Gasteiger partial charge in [0.1, 0.15) is 0 Å². The van der Waals surface area contributed by atoms with E-state index < -0.39 is 6.10 Å². The van der Waals surface area contributed by atoms with E-state index in [1.54, 1.807) is 22.2 Å². The van der Waals surface area contributed by atoms with E-state index in [9.17, 15) is 5.11 Å². The number of imidazole rings is 1. The number of aromatic nitrogens is 4. The van der Waals surface area contributed by atoms with Gasteiger partial charge in [0.15, 0.2) is 4.96 Å². The van der Waals surface area contributed by atoms with Gasteiger partial charge in [-0.05, 0) is 6.92 Å². The molecule has 0 spiro atoms. The number of thiazole rings is 1. The van der Waals surface area contributed by atoms with Crippen molar-refractivity contribution in [3.05, 3.63) is 40.9 Å². The average Bonchev–Trinajstić information content (AvgIpc) is 2.96. The van der Waals surface area contributed by atoms with Gasteiger partial charge in [0.25, 0.3) is 0 Å². The van der Waals surface area contributed by atoms with Crippen LogP contribution in [0.15, 0.2) is 24.0 Å². The second-order valence-corrected chi connectivity index (χ2v) is 5.23. The summed E-state index contributed by atoms with van der Waals surface area (Å²) in [5.74, 6) is 0. The predicted octanol–water partition coefficient (Wildman–Crippen LogP) is 1.71. The van der Waals surface area contributed by atoms with Gasteiger partial charge in [-0.3, -0.25) is 9.08 Å². The van der Waals surface area contributed by atoms with E-state index in [1.165, 1.54) is 0 Å². The first-order valence-electron chi connectivity index (χ1n) is 5.73. The second kappa shape index (κ2) is 4.22. The zero-order valence-electron chi connectivity index (χ0n) is 10.2. The van der Waals surface area contributed by atoms with Gasteiger partial charge in [-0.25, -0.2) is 4.98 Å². The third-order valence-electron chi connectivity index (χ3n) is 3.18. The van der Waals surface area contributed by atoms with E-state index in [1.807, 2.05) is 36.1 Å². The standard InChI is InChI=1S/C12H14N4OS/c1-8-10(6-13-15(8)2)11(17)5-9-7-16-3-4-18-12(16)14-9/h3-4,6-7,11,17H,5H2,1-2H3. The van der Waals surface area contributed by atoms with E-state index in [2.05, 4.69) is 10.1 Å². The van der Waals surface area contributed by atoms with Crippen molar-refractivity contribution < 1.29 is 5.11 Å². The number of nitrogens with zero attached hydrogens (tertiary/aromatic N) is 4. The van der Waals surface area contributed by atoms with Gasteiger partial charge in [-0.15, -0.1) is 11.3 Å². The van der Waals surface area contributed by atoms with E-state index in [4.69, 9.17) is 0 Å². The minimum absolute atomic E-state index is 0.515. The summed E-state index contributed by atoms with van der Waals surface area (Å²) in [7, 11) is 1.87. The molecule has 1 N–H and O–H groups in total. The predicted molar refractivity (Wildman–Crippen MR) is 69.7 cm³/mol. The number of aryl methyl sites for hydroxylation is 1.